The minimum atomic E-state index is 0.440. The molecule has 0 amide bonds. The highest BCUT2D eigenvalue weighted by Gasteiger charge is 2.11. The molecule has 12 heavy (non-hydrogen) atoms. The van der Waals surface area contributed by atoms with Crippen LogP contribution in [-0.4, -0.2) is 5.16 Å². The van der Waals surface area contributed by atoms with Gasteiger partial charge in [-0.05, 0) is 6.42 Å². The van der Waals surface area contributed by atoms with E-state index in [0.29, 0.717) is 11.8 Å². The SMILES string of the molecule is CCC(C)c1cc(C(C)C)on1. The van der Waals surface area contributed by atoms with Crippen LogP contribution in [0.15, 0.2) is 10.6 Å². The molecule has 1 heterocycles. The van der Waals surface area contributed by atoms with E-state index in [1.54, 1.807) is 0 Å². The van der Waals surface area contributed by atoms with Gasteiger partial charge in [-0.15, -0.1) is 0 Å². The van der Waals surface area contributed by atoms with Crippen molar-refractivity contribution in [3.8, 4) is 0 Å². The van der Waals surface area contributed by atoms with Crippen LogP contribution in [0.4, 0.5) is 0 Å². The van der Waals surface area contributed by atoms with E-state index in [-0.39, 0.29) is 0 Å². The van der Waals surface area contributed by atoms with Gasteiger partial charge in [0.2, 0.25) is 0 Å². The highest BCUT2D eigenvalue weighted by atomic mass is 16.5. The highest BCUT2D eigenvalue weighted by Crippen LogP contribution is 2.21. The van der Waals surface area contributed by atoms with Gasteiger partial charge in [-0.2, -0.15) is 0 Å². The molecular weight excluding hydrogens is 150 g/mol. The molecule has 0 bridgehead atoms. The molecule has 1 rings (SSSR count). The second-order valence-electron chi connectivity index (χ2n) is 3.62. The fourth-order valence-corrected chi connectivity index (χ4v) is 1.02. The van der Waals surface area contributed by atoms with E-state index in [1.807, 2.05) is 0 Å². The summed E-state index contributed by atoms with van der Waals surface area (Å²) >= 11 is 0. The van der Waals surface area contributed by atoms with Crippen LogP contribution >= 0.6 is 0 Å². The number of aromatic nitrogens is 1. The van der Waals surface area contributed by atoms with Gasteiger partial charge in [-0.25, -0.2) is 0 Å². The Hall–Kier alpha value is -0.790. The fourth-order valence-electron chi connectivity index (χ4n) is 1.02. The average Bonchev–Trinajstić information content (AvgIpc) is 2.51. The van der Waals surface area contributed by atoms with Gasteiger partial charge in [0.15, 0.2) is 0 Å². The van der Waals surface area contributed by atoms with Gasteiger partial charge in [0, 0.05) is 17.9 Å². The smallest absolute Gasteiger partial charge is 0.139 e. The standard InChI is InChI=1S/C10H17NO/c1-5-8(4)9-6-10(7(2)3)12-11-9/h6-8H,5H2,1-4H3. The van der Waals surface area contributed by atoms with Crippen molar-refractivity contribution in [1.82, 2.24) is 5.16 Å². The van der Waals surface area contributed by atoms with Crippen LogP contribution in [0, 0.1) is 0 Å². The number of rotatable bonds is 3. The predicted molar refractivity (Wildman–Crippen MR) is 49.3 cm³/mol. The van der Waals surface area contributed by atoms with Crippen LogP contribution in [-0.2, 0) is 0 Å². The second-order valence-corrected chi connectivity index (χ2v) is 3.62. The average molecular weight is 167 g/mol. The number of hydrogen-bond donors (Lipinski definition) is 0. The van der Waals surface area contributed by atoms with E-state index in [4.69, 9.17) is 4.52 Å². The molecule has 0 aromatic carbocycles. The largest absolute Gasteiger partial charge is 0.361 e. The van der Waals surface area contributed by atoms with Gasteiger partial charge in [-0.3, -0.25) is 0 Å². The van der Waals surface area contributed by atoms with Crippen molar-refractivity contribution >= 4 is 0 Å². The zero-order valence-corrected chi connectivity index (χ0v) is 8.29. The van der Waals surface area contributed by atoms with E-state index >= 15 is 0 Å². The van der Waals surface area contributed by atoms with Crippen molar-refractivity contribution in [3.05, 3.63) is 17.5 Å². The topological polar surface area (TPSA) is 26.0 Å². The molecule has 0 saturated carbocycles. The van der Waals surface area contributed by atoms with Crippen LogP contribution in [0.5, 0.6) is 0 Å². The number of hydrogen-bond acceptors (Lipinski definition) is 2. The maximum atomic E-state index is 5.20. The summed E-state index contributed by atoms with van der Waals surface area (Å²) in [5.74, 6) is 1.95. The number of nitrogens with zero attached hydrogens (tertiary/aromatic N) is 1. The molecule has 1 aromatic rings. The summed E-state index contributed by atoms with van der Waals surface area (Å²) in [6.07, 6.45) is 1.12. The molecule has 0 N–H and O–H groups in total. The third-order valence-electron chi connectivity index (χ3n) is 2.23. The molecule has 0 fully saturated rings. The molecule has 0 aliphatic carbocycles. The fraction of sp³-hybridized carbons (Fsp3) is 0.700. The summed E-state index contributed by atoms with van der Waals surface area (Å²) in [5.41, 5.74) is 1.08. The van der Waals surface area contributed by atoms with Gasteiger partial charge in [0.25, 0.3) is 0 Å². The molecule has 0 aliphatic rings. The first-order valence-corrected chi connectivity index (χ1v) is 4.61. The van der Waals surface area contributed by atoms with Crippen LogP contribution in [0.2, 0.25) is 0 Å². The lowest BCUT2D eigenvalue weighted by molar-refractivity contribution is 0.362. The summed E-state index contributed by atoms with van der Waals surface area (Å²) in [7, 11) is 0. The van der Waals surface area contributed by atoms with E-state index < -0.39 is 0 Å². The molecule has 0 spiro atoms. The lowest BCUT2D eigenvalue weighted by atomic mass is 10.0. The summed E-state index contributed by atoms with van der Waals surface area (Å²) in [6.45, 7) is 8.55. The van der Waals surface area contributed by atoms with Crippen molar-refractivity contribution in [3.63, 3.8) is 0 Å². The van der Waals surface area contributed by atoms with Gasteiger partial charge in [-0.1, -0.05) is 32.9 Å². The molecular formula is C10H17NO. The van der Waals surface area contributed by atoms with E-state index in [2.05, 4.69) is 38.9 Å². The molecule has 2 heteroatoms. The quantitative estimate of drug-likeness (QED) is 0.690. The Balaban J connectivity index is 2.77. The Morgan fingerprint density at radius 1 is 1.42 bits per heavy atom. The minimum Gasteiger partial charge on any atom is -0.361 e. The molecule has 1 aromatic heterocycles. The maximum absolute atomic E-state index is 5.20. The molecule has 0 aliphatic heterocycles. The van der Waals surface area contributed by atoms with E-state index in [9.17, 15) is 0 Å². The van der Waals surface area contributed by atoms with Crippen LogP contribution < -0.4 is 0 Å². The summed E-state index contributed by atoms with van der Waals surface area (Å²) in [6, 6.07) is 2.07. The molecule has 0 radical (unpaired) electrons. The first-order chi connectivity index (χ1) is 5.65. The highest BCUT2D eigenvalue weighted by molar-refractivity contribution is 5.11. The normalized spacial score (nSPS) is 13.8. The Bertz CT molecular complexity index is 240. The molecule has 2 nitrogen and oxygen atoms in total. The van der Waals surface area contributed by atoms with Crippen molar-refractivity contribution in [1.29, 1.82) is 0 Å². The zero-order chi connectivity index (χ0) is 9.14. The maximum Gasteiger partial charge on any atom is 0.139 e. The van der Waals surface area contributed by atoms with E-state index in [0.717, 1.165) is 17.9 Å². The third kappa shape index (κ3) is 1.87. The monoisotopic (exact) mass is 167 g/mol. The predicted octanol–water partition coefficient (Wildman–Crippen LogP) is 3.31. The van der Waals surface area contributed by atoms with Crippen molar-refractivity contribution in [2.45, 2.75) is 46.0 Å². The van der Waals surface area contributed by atoms with Gasteiger partial charge >= 0.3 is 0 Å². The van der Waals surface area contributed by atoms with E-state index in [1.165, 1.54) is 0 Å². The lowest BCUT2D eigenvalue weighted by Gasteiger charge is -2.00. The van der Waals surface area contributed by atoms with Gasteiger partial charge in [0.05, 0.1) is 5.69 Å². The van der Waals surface area contributed by atoms with Gasteiger partial charge in [0.1, 0.15) is 5.76 Å². The van der Waals surface area contributed by atoms with Crippen LogP contribution in [0.1, 0.15) is 57.4 Å². The molecule has 68 valence electrons. The molecule has 1 atom stereocenters. The first-order valence-electron chi connectivity index (χ1n) is 4.61. The summed E-state index contributed by atoms with van der Waals surface area (Å²) in [5, 5.41) is 4.03. The van der Waals surface area contributed by atoms with Crippen molar-refractivity contribution in [2.24, 2.45) is 0 Å². The van der Waals surface area contributed by atoms with Crippen LogP contribution in [0.3, 0.4) is 0 Å². The van der Waals surface area contributed by atoms with Crippen molar-refractivity contribution < 1.29 is 4.52 Å². The first kappa shape index (κ1) is 9.30. The summed E-state index contributed by atoms with van der Waals surface area (Å²) < 4.78 is 5.20. The Morgan fingerprint density at radius 3 is 2.50 bits per heavy atom. The Kier molecular flexibility index (Phi) is 2.90. The Morgan fingerprint density at radius 2 is 2.08 bits per heavy atom. The van der Waals surface area contributed by atoms with Crippen molar-refractivity contribution in [2.75, 3.05) is 0 Å². The third-order valence-corrected chi connectivity index (χ3v) is 2.23. The second kappa shape index (κ2) is 3.74. The molecule has 0 saturated heterocycles. The lowest BCUT2D eigenvalue weighted by Crippen LogP contribution is -1.90. The Labute approximate surface area is 74.0 Å². The zero-order valence-electron chi connectivity index (χ0n) is 8.29. The summed E-state index contributed by atoms with van der Waals surface area (Å²) in [4.78, 5) is 0. The minimum absolute atomic E-state index is 0.440. The van der Waals surface area contributed by atoms with Gasteiger partial charge < -0.3 is 4.52 Å². The van der Waals surface area contributed by atoms with Crippen LogP contribution in [0.25, 0.3) is 0 Å². The molecule has 1 unspecified atom stereocenters.